The molecule has 1 heterocycles. The molecule has 2 aromatic carbocycles. The van der Waals surface area contributed by atoms with Gasteiger partial charge in [-0.1, -0.05) is 53.7 Å². The molecule has 1 aromatic heterocycles. The van der Waals surface area contributed by atoms with Crippen molar-refractivity contribution in [3.63, 3.8) is 0 Å². The number of nitrogens with one attached hydrogen (secondary N) is 2. The molecule has 0 bridgehead atoms. The minimum Gasteiger partial charge on any atom is -0.481 e. The normalized spacial score (nSPS) is 18.7. The molecule has 2 aliphatic carbocycles. The van der Waals surface area contributed by atoms with Crippen LogP contribution in [0.5, 0.6) is 0 Å². The van der Waals surface area contributed by atoms with Crippen molar-refractivity contribution in [1.82, 2.24) is 10.5 Å². The summed E-state index contributed by atoms with van der Waals surface area (Å²) in [5.41, 5.74) is 4.47. The number of ether oxygens (including phenoxy) is 1. The van der Waals surface area contributed by atoms with Crippen LogP contribution in [0.25, 0.3) is 11.1 Å². The Bertz CT molecular complexity index is 1210. The van der Waals surface area contributed by atoms with Crippen LogP contribution in [0, 0.1) is 5.92 Å². The average Bonchev–Trinajstić information content (AvgIpc) is 3.56. The summed E-state index contributed by atoms with van der Waals surface area (Å²) in [4.78, 5) is 35.8. The van der Waals surface area contributed by atoms with Crippen LogP contribution in [0.1, 0.15) is 46.8 Å². The van der Waals surface area contributed by atoms with Gasteiger partial charge in [0, 0.05) is 18.0 Å². The van der Waals surface area contributed by atoms with Crippen molar-refractivity contribution < 1.29 is 28.8 Å². The topological polar surface area (TPSA) is 131 Å². The van der Waals surface area contributed by atoms with E-state index in [1.165, 1.54) is 6.07 Å². The van der Waals surface area contributed by atoms with Crippen LogP contribution in [0.4, 0.5) is 10.7 Å². The largest absolute Gasteiger partial charge is 0.481 e. The lowest BCUT2D eigenvalue weighted by Gasteiger charge is -2.13. The molecule has 0 unspecified atom stereocenters. The first-order valence-corrected chi connectivity index (χ1v) is 11.1. The zero-order valence-electron chi connectivity index (χ0n) is 18.2. The zero-order valence-corrected chi connectivity index (χ0v) is 18.2. The SMILES string of the molecule is O=C(Nc1cc(C(=O)N[C@H]2CC[C@@H](C(=O)O)C2)no1)OCC1c2ccccc2-c2ccccc21. The minimum atomic E-state index is -0.854. The molecule has 1 saturated carbocycles. The van der Waals surface area contributed by atoms with Gasteiger partial charge in [0.1, 0.15) is 6.61 Å². The van der Waals surface area contributed by atoms with E-state index in [-0.39, 0.29) is 30.1 Å². The van der Waals surface area contributed by atoms with Gasteiger partial charge in [0.15, 0.2) is 5.69 Å². The summed E-state index contributed by atoms with van der Waals surface area (Å²) in [6, 6.07) is 17.2. The molecule has 3 aromatic rings. The number of carbonyl (C=O) groups is 3. The smallest absolute Gasteiger partial charge is 0.414 e. The van der Waals surface area contributed by atoms with Gasteiger partial charge in [0.25, 0.3) is 5.91 Å². The van der Waals surface area contributed by atoms with Crippen molar-refractivity contribution in [3.05, 3.63) is 71.4 Å². The van der Waals surface area contributed by atoms with Crippen LogP contribution in [-0.4, -0.2) is 40.9 Å². The number of rotatable bonds is 6. The highest BCUT2D eigenvalue weighted by molar-refractivity contribution is 5.94. The molecule has 3 N–H and O–H groups in total. The molecular weight excluding hydrogens is 438 g/mol. The summed E-state index contributed by atoms with van der Waals surface area (Å²) < 4.78 is 10.5. The molecule has 0 spiro atoms. The van der Waals surface area contributed by atoms with Crippen LogP contribution < -0.4 is 10.6 Å². The van der Waals surface area contributed by atoms with Gasteiger partial charge in [-0.3, -0.25) is 14.9 Å². The highest BCUT2D eigenvalue weighted by Crippen LogP contribution is 2.44. The molecule has 174 valence electrons. The summed E-state index contributed by atoms with van der Waals surface area (Å²) in [6.45, 7) is 0.147. The summed E-state index contributed by atoms with van der Waals surface area (Å²) >= 11 is 0. The summed E-state index contributed by atoms with van der Waals surface area (Å²) in [6.07, 6.45) is 0.771. The van der Waals surface area contributed by atoms with Gasteiger partial charge in [-0.25, -0.2) is 4.79 Å². The fourth-order valence-electron chi connectivity index (χ4n) is 4.77. The van der Waals surface area contributed by atoms with Crippen molar-refractivity contribution in [2.24, 2.45) is 5.92 Å². The third-order valence-corrected chi connectivity index (χ3v) is 6.43. The molecule has 9 nitrogen and oxygen atoms in total. The highest BCUT2D eigenvalue weighted by Gasteiger charge is 2.32. The molecule has 9 heteroatoms. The molecule has 0 aliphatic heterocycles. The Morgan fingerprint density at radius 2 is 1.71 bits per heavy atom. The minimum absolute atomic E-state index is 0.00674. The first-order valence-electron chi connectivity index (χ1n) is 11.1. The molecular formula is C25H23N3O6. The quantitative estimate of drug-likeness (QED) is 0.505. The van der Waals surface area contributed by atoms with Crippen LogP contribution in [-0.2, 0) is 9.53 Å². The molecule has 5 rings (SSSR count). The van der Waals surface area contributed by atoms with E-state index in [9.17, 15) is 14.4 Å². The van der Waals surface area contributed by atoms with E-state index in [4.69, 9.17) is 14.4 Å². The van der Waals surface area contributed by atoms with E-state index < -0.39 is 23.9 Å². The Balaban J connectivity index is 1.17. The number of carbonyl (C=O) groups excluding carboxylic acids is 2. The lowest BCUT2D eigenvalue weighted by atomic mass is 9.98. The number of nitrogens with zero attached hydrogens (tertiary/aromatic N) is 1. The van der Waals surface area contributed by atoms with E-state index in [1.807, 2.05) is 36.4 Å². The van der Waals surface area contributed by atoms with Gasteiger partial charge in [0.2, 0.25) is 5.88 Å². The highest BCUT2D eigenvalue weighted by atomic mass is 16.6. The van der Waals surface area contributed by atoms with Gasteiger partial charge in [-0.2, -0.15) is 0 Å². The number of anilines is 1. The number of hydrogen-bond acceptors (Lipinski definition) is 6. The number of fused-ring (bicyclic) bond motifs is 3. The predicted octanol–water partition coefficient (Wildman–Crippen LogP) is 4.02. The van der Waals surface area contributed by atoms with Gasteiger partial charge < -0.3 is 19.7 Å². The number of hydrogen-bond donors (Lipinski definition) is 3. The maximum absolute atomic E-state index is 12.4. The monoisotopic (exact) mass is 461 g/mol. The van der Waals surface area contributed by atoms with E-state index in [0.717, 1.165) is 22.3 Å². The fourth-order valence-corrected chi connectivity index (χ4v) is 4.77. The Hall–Kier alpha value is -4.14. The summed E-state index contributed by atoms with van der Waals surface area (Å²) in [5.74, 6) is -1.88. The first kappa shape index (κ1) is 21.7. The van der Waals surface area contributed by atoms with Crippen LogP contribution >= 0.6 is 0 Å². The second-order valence-corrected chi connectivity index (χ2v) is 8.55. The molecule has 2 amide bonds. The standard InChI is InChI=1S/C25H23N3O6/c29-23(26-15-10-9-14(11-15)24(30)31)21-12-22(34-28-21)27-25(32)33-13-20-18-7-3-1-5-16(18)17-6-2-4-8-19(17)20/h1-8,12,14-15,20H,9-11,13H2,(H,26,29)(H,27,32)(H,30,31)/t14-,15+/m1/s1. The maximum Gasteiger partial charge on any atom is 0.414 e. The number of carboxylic acids is 1. The number of aromatic nitrogens is 1. The second kappa shape index (κ2) is 9.01. The van der Waals surface area contributed by atoms with E-state index >= 15 is 0 Å². The van der Waals surface area contributed by atoms with E-state index in [2.05, 4.69) is 27.9 Å². The number of aliphatic carboxylic acids is 1. The lowest BCUT2D eigenvalue weighted by molar-refractivity contribution is -0.141. The molecule has 2 atom stereocenters. The van der Waals surface area contributed by atoms with Gasteiger partial charge in [-0.15, -0.1) is 0 Å². The second-order valence-electron chi connectivity index (χ2n) is 8.55. The molecule has 0 radical (unpaired) electrons. The Kier molecular flexibility index (Phi) is 5.75. The van der Waals surface area contributed by atoms with Crippen molar-refractivity contribution in [3.8, 4) is 11.1 Å². The number of benzene rings is 2. The number of carboxylic acid groups (broad SMARTS) is 1. The maximum atomic E-state index is 12.4. The van der Waals surface area contributed by atoms with Crippen molar-refractivity contribution >= 4 is 23.9 Å². The number of amides is 2. The van der Waals surface area contributed by atoms with Crippen molar-refractivity contribution in [1.29, 1.82) is 0 Å². The molecule has 0 saturated heterocycles. The fraction of sp³-hybridized carbons (Fsp3) is 0.280. The van der Waals surface area contributed by atoms with Gasteiger partial charge in [-0.05, 0) is 41.5 Å². The Morgan fingerprint density at radius 1 is 1.03 bits per heavy atom. The molecule has 34 heavy (non-hydrogen) atoms. The molecule has 1 fully saturated rings. The predicted molar refractivity (Wildman–Crippen MR) is 121 cm³/mol. The Morgan fingerprint density at radius 3 is 2.35 bits per heavy atom. The first-order chi connectivity index (χ1) is 16.5. The molecule has 2 aliphatic rings. The zero-order chi connectivity index (χ0) is 23.7. The van der Waals surface area contributed by atoms with Crippen LogP contribution in [0.15, 0.2) is 59.1 Å². The van der Waals surface area contributed by atoms with E-state index in [1.54, 1.807) is 0 Å². The Labute approximate surface area is 195 Å². The summed E-state index contributed by atoms with van der Waals surface area (Å²) in [5, 5.41) is 18.0. The van der Waals surface area contributed by atoms with E-state index in [0.29, 0.717) is 19.3 Å². The van der Waals surface area contributed by atoms with Crippen LogP contribution in [0.2, 0.25) is 0 Å². The van der Waals surface area contributed by atoms with Gasteiger partial charge >= 0.3 is 12.1 Å². The van der Waals surface area contributed by atoms with Gasteiger partial charge in [0.05, 0.1) is 5.92 Å². The summed E-state index contributed by atoms with van der Waals surface area (Å²) in [7, 11) is 0. The average molecular weight is 461 g/mol. The third kappa shape index (κ3) is 4.24. The third-order valence-electron chi connectivity index (χ3n) is 6.43. The van der Waals surface area contributed by atoms with Crippen molar-refractivity contribution in [2.45, 2.75) is 31.2 Å². The van der Waals surface area contributed by atoms with Crippen molar-refractivity contribution in [2.75, 3.05) is 11.9 Å². The lowest BCUT2D eigenvalue weighted by Crippen LogP contribution is -2.33. The van der Waals surface area contributed by atoms with Crippen LogP contribution in [0.3, 0.4) is 0 Å².